The van der Waals surface area contributed by atoms with Gasteiger partial charge in [-0.25, -0.2) is 8.42 Å². The average Bonchev–Trinajstić information content (AvgIpc) is 3.05. The van der Waals surface area contributed by atoms with E-state index in [9.17, 15) is 18.0 Å². The van der Waals surface area contributed by atoms with Crippen molar-refractivity contribution in [1.29, 1.82) is 0 Å². The summed E-state index contributed by atoms with van der Waals surface area (Å²) in [4.78, 5) is 23.7. The van der Waals surface area contributed by atoms with Crippen molar-refractivity contribution in [3.05, 3.63) is 65.9 Å². The first kappa shape index (κ1) is 18.4. The summed E-state index contributed by atoms with van der Waals surface area (Å²) < 4.78 is 28.4. The van der Waals surface area contributed by atoms with Gasteiger partial charge in [-0.15, -0.1) is 0 Å². The summed E-state index contributed by atoms with van der Waals surface area (Å²) >= 11 is 0. The Morgan fingerprint density at radius 3 is 2.46 bits per heavy atom. The Morgan fingerprint density at radius 2 is 1.79 bits per heavy atom. The average molecular weight is 396 g/mol. The van der Waals surface area contributed by atoms with Gasteiger partial charge in [0.05, 0.1) is 16.6 Å². The molecular formula is C21H20N2O4S. The molecule has 1 amide bonds. The molecule has 2 aromatic rings. The highest BCUT2D eigenvalue weighted by Crippen LogP contribution is 2.50. The molecule has 2 aliphatic rings. The highest BCUT2D eigenvalue weighted by Gasteiger charge is 2.48. The number of fused-ring (bicyclic) bond motifs is 3. The van der Waals surface area contributed by atoms with E-state index in [2.05, 4.69) is 5.32 Å². The van der Waals surface area contributed by atoms with Crippen molar-refractivity contribution in [2.45, 2.75) is 30.7 Å². The number of allylic oxidation sites excluding steroid dienone is 1. The van der Waals surface area contributed by atoms with Crippen LogP contribution in [0.4, 0.5) is 5.69 Å². The maximum atomic E-state index is 13.5. The second-order valence-corrected chi connectivity index (χ2v) is 8.80. The standard InChI is InChI=1S/C21H20N2O4S/c1-14(25)22-18-12-11-15(13-24)21-20(18)17-9-5-6-10-19(17)23(21)28(26,27)16-7-3-2-4-8-16/h2-10,13,15,21H,11-12H2,1H3,(H,22,25)/t15-,21+/m0/s1. The third-order valence-electron chi connectivity index (χ3n) is 5.24. The van der Waals surface area contributed by atoms with E-state index in [4.69, 9.17) is 0 Å². The Kier molecular flexibility index (Phi) is 4.55. The lowest BCUT2D eigenvalue weighted by atomic mass is 9.82. The zero-order chi connectivity index (χ0) is 19.9. The second-order valence-electron chi connectivity index (χ2n) is 6.99. The van der Waals surface area contributed by atoms with Gasteiger partial charge in [-0.05, 0) is 31.0 Å². The van der Waals surface area contributed by atoms with E-state index >= 15 is 0 Å². The first-order valence-electron chi connectivity index (χ1n) is 9.10. The van der Waals surface area contributed by atoms with Gasteiger partial charge in [-0.1, -0.05) is 36.4 Å². The number of carbonyl (C=O) groups is 2. The van der Waals surface area contributed by atoms with E-state index in [1.165, 1.54) is 11.2 Å². The number of rotatable bonds is 4. The normalized spacial score (nSPS) is 21.1. The molecule has 2 atom stereocenters. The maximum absolute atomic E-state index is 13.5. The highest BCUT2D eigenvalue weighted by atomic mass is 32.2. The van der Waals surface area contributed by atoms with Crippen molar-refractivity contribution in [3.63, 3.8) is 0 Å². The van der Waals surface area contributed by atoms with Crippen LogP contribution >= 0.6 is 0 Å². The minimum absolute atomic E-state index is 0.169. The fourth-order valence-electron chi connectivity index (χ4n) is 4.12. The number of sulfonamides is 1. The van der Waals surface area contributed by atoms with Crippen LogP contribution in [0, 0.1) is 5.92 Å². The van der Waals surface area contributed by atoms with Gasteiger partial charge in [-0.2, -0.15) is 0 Å². The van der Waals surface area contributed by atoms with E-state index in [-0.39, 0.29) is 10.8 Å². The Morgan fingerprint density at radius 1 is 1.11 bits per heavy atom. The summed E-state index contributed by atoms with van der Waals surface area (Å²) in [6.07, 6.45) is 1.82. The molecular weight excluding hydrogens is 376 g/mol. The van der Waals surface area contributed by atoms with Gasteiger partial charge in [0.25, 0.3) is 10.0 Å². The molecule has 1 aliphatic heterocycles. The van der Waals surface area contributed by atoms with Crippen molar-refractivity contribution in [2.24, 2.45) is 5.92 Å². The first-order valence-corrected chi connectivity index (χ1v) is 10.5. The van der Waals surface area contributed by atoms with E-state index < -0.39 is 22.0 Å². The molecule has 0 radical (unpaired) electrons. The minimum atomic E-state index is -3.89. The Bertz CT molecular complexity index is 1080. The number of carbonyl (C=O) groups excluding carboxylic acids is 2. The predicted octanol–water partition coefficient (Wildman–Crippen LogP) is 2.72. The molecule has 0 unspecified atom stereocenters. The highest BCUT2D eigenvalue weighted by molar-refractivity contribution is 7.93. The third kappa shape index (κ3) is 2.82. The quantitative estimate of drug-likeness (QED) is 0.806. The van der Waals surface area contributed by atoms with Gasteiger partial charge in [-0.3, -0.25) is 9.10 Å². The SMILES string of the molecule is CC(=O)NC1=C2c3ccccc3N(S(=O)(=O)c3ccccc3)[C@@H]2[C@H](C=O)CC1. The van der Waals surface area contributed by atoms with Gasteiger partial charge in [0, 0.05) is 29.7 Å². The number of hydrogen-bond acceptors (Lipinski definition) is 4. The van der Waals surface area contributed by atoms with E-state index in [0.29, 0.717) is 29.8 Å². The van der Waals surface area contributed by atoms with Crippen LogP contribution in [-0.2, 0) is 19.6 Å². The zero-order valence-electron chi connectivity index (χ0n) is 15.3. The number of nitrogens with one attached hydrogen (secondary N) is 1. The number of para-hydroxylation sites is 1. The molecule has 0 aromatic heterocycles. The molecule has 4 rings (SSSR count). The molecule has 1 aliphatic carbocycles. The molecule has 2 aromatic carbocycles. The van der Waals surface area contributed by atoms with Gasteiger partial charge < -0.3 is 10.1 Å². The van der Waals surface area contributed by atoms with Crippen molar-refractivity contribution in [1.82, 2.24) is 5.32 Å². The monoisotopic (exact) mass is 396 g/mol. The summed E-state index contributed by atoms with van der Waals surface area (Å²) in [5, 5.41) is 2.85. The lowest BCUT2D eigenvalue weighted by Crippen LogP contribution is -2.45. The number of hydrogen-bond donors (Lipinski definition) is 1. The molecule has 144 valence electrons. The van der Waals surface area contributed by atoms with Gasteiger partial charge in [0.2, 0.25) is 5.91 Å². The van der Waals surface area contributed by atoms with Crippen LogP contribution in [0.5, 0.6) is 0 Å². The molecule has 0 saturated carbocycles. The van der Waals surface area contributed by atoms with Crippen LogP contribution in [0.25, 0.3) is 5.57 Å². The third-order valence-corrected chi connectivity index (χ3v) is 7.05. The van der Waals surface area contributed by atoms with Crippen LogP contribution < -0.4 is 9.62 Å². The van der Waals surface area contributed by atoms with Gasteiger partial charge in [0.15, 0.2) is 0 Å². The largest absolute Gasteiger partial charge is 0.330 e. The van der Waals surface area contributed by atoms with Crippen molar-refractivity contribution in [3.8, 4) is 0 Å². The summed E-state index contributed by atoms with van der Waals surface area (Å²) in [6.45, 7) is 1.42. The number of anilines is 1. The van der Waals surface area contributed by atoms with E-state index in [0.717, 1.165) is 11.8 Å². The molecule has 28 heavy (non-hydrogen) atoms. The van der Waals surface area contributed by atoms with Crippen LogP contribution in [0.3, 0.4) is 0 Å². The minimum Gasteiger partial charge on any atom is -0.330 e. The van der Waals surface area contributed by atoms with Crippen LogP contribution in [0.1, 0.15) is 25.3 Å². The summed E-state index contributed by atoms with van der Waals surface area (Å²) in [5.74, 6) is -0.703. The fourth-order valence-corrected chi connectivity index (χ4v) is 5.83. The van der Waals surface area contributed by atoms with Crippen LogP contribution in [0.15, 0.2) is 65.2 Å². The molecule has 0 saturated heterocycles. The van der Waals surface area contributed by atoms with Crippen LogP contribution in [-0.4, -0.2) is 26.7 Å². The lowest BCUT2D eigenvalue weighted by molar-refractivity contribution is -0.118. The van der Waals surface area contributed by atoms with Crippen molar-refractivity contribution >= 4 is 33.5 Å². The second kappa shape index (κ2) is 6.91. The Balaban J connectivity index is 1.97. The molecule has 6 nitrogen and oxygen atoms in total. The Hall–Kier alpha value is -2.93. The van der Waals surface area contributed by atoms with Crippen molar-refractivity contribution < 1.29 is 18.0 Å². The topological polar surface area (TPSA) is 83.6 Å². The molecule has 1 N–H and O–H groups in total. The smallest absolute Gasteiger partial charge is 0.264 e. The molecule has 7 heteroatoms. The Labute approximate surface area is 163 Å². The first-order chi connectivity index (χ1) is 13.4. The van der Waals surface area contributed by atoms with E-state index in [1.807, 2.05) is 12.1 Å². The summed E-state index contributed by atoms with van der Waals surface area (Å²) in [6, 6.07) is 14.7. The number of aldehydes is 1. The number of benzene rings is 2. The molecule has 1 heterocycles. The summed E-state index contributed by atoms with van der Waals surface area (Å²) in [5.41, 5.74) is 2.67. The number of nitrogens with zero attached hydrogens (tertiary/aromatic N) is 1. The van der Waals surface area contributed by atoms with Crippen molar-refractivity contribution in [2.75, 3.05) is 4.31 Å². The number of amides is 1. The lowest BCUT2D eigenvalue weighted by Gasteiger charge is -2.34. The molecule has 0 fully saturated rings. The molecule has 0 bridgehead atoms. The zero-order valence-corrected chi connectivity index (χ0v) is 16.1. The van der Waals surface area contributed by atoms with Gasteiger partial charge in [0.1, 0.15) is 6.29 Å². The summed E-state index contributed by atoms with van der Waals surface area (Å²) in [7, 11) is -3.89. The van der Waals surface area contributed by atoms with E-state index in [1.54, 1.807) is 42.5 Å². The van der Waals surface area contributed by atoms with Crippen LogP contribution in [0.2, 0.25) is 0 Å². The molecule has 0 spiro atoms. The predicted molar refractivity (Wildman–Crippen MR) is 106 cm³/mol. The fraction of sp³-hybridized carbons (Fsp3) is 0.238. The van der Waals surface area contributed by atoms with Gasteiger partial charge >= 0.3 is 0 Å². The maximum Gasteiger partial charge on any atom is 0.264 e.